The Bertz CT molecular complexity index is 447. The summed E-state index contributed by atoms with van der Waals surface area (Å²) in [5.74, 6) is 0.291. The molecule has 98 valence electrons. The Morgan fingerprint density at radius 1 is 1.67 bits per heavy atom. The van der Waals surface area contributed by atoms with Crippen LogP contribution in [-0.4, -0.2) is 28.5 Å². The predicted molar refractivity (Wildman–Crippen MR) is 71.1 cm³/mol. The van der Waals surface area contributed by atoms with Crippen LogP contribution in [0, 0.1) is 5.92 Å². The molecule has 4 nitrogen and oxygen atoms in total. The highest BCUT2D eigenvalue weighted by Gasteiger charge is 2.32. The van der Waals surface area contributed by atoms with Crippen LogP contribution in [0.25, 0.3) is 0 Å². The summed E-state index contributed by atoms with van der Waals surface area (Å²) < 4.78 is 0. The molecule has 0 radical (unpaired) electrons. The first-order chi connectivity index (χ1) is 8.61. The fourth-order valence-electron chi connectivity index (χ4n) is 1.84. The first-order valence-corrected chi connectivity index (χ1v) is 6.56. The molecule has 0 aliphatic heterocycles. The summed E-state index contributed by atoms with van der Waals surface area (Å²) in [7, 11) is 0. The van der Waals surface area contributed by atoms with Crippen molar-refractivity contribution in [1.82, 2.24) is 4.98 Å². The van der Waals surface area contributed by atoms with E-state index >= 15 is 0 Å². The maximum Gasteiger partial charge on any atom is 0.169 e. The third kappa shape index (κ3) is 3.21. The fraction of sp³-hybridized carbons (Fsp3) is 0.538. The molecule has 1 aromatic heterocycles. The standard InChI is InChI=1S/C13H17ClN2O2/c1-8(4-5-17)16-11-6-12(14)15-7-10(11)13(18)9-2-3-9/h6-9,17H,2-5H2,1H3,(H,15,16)/t8-/m0/s1. The molecule has 0 saturated heterocycles. The lowest BCUT2D eigenvalue weighted by atomic mass is 10.1. The minimum atomic E-state index is 0.0826. The molecule has 2 rings (SSSR count). The van der Waals surface area contributed by atoms with Gasteiger partial charge in [-0.15, -0.1) is 0 Å². The van der Waals surface area contributed by atoms with Crippen molar-refractivity contribution >= 4 is 23.1 Å². The normalized spacial score (nSPS) is 16.4. The Balaban J connectivity index is 2.20. The molecule has 1 saturated carbocycles. The number of aliphatic hydroxyl groups excluding tert-OH is 1. The van der Waals surface area contributed by atoms with Crippen molar-refractivity contribution in [1.29, 1.82) is 0 Å². The van der Waals surface area contributed by atoms with E-state index in [0.717, 1.165) is 12.8 Å². The minimum Gasteiger partial charge on any atom is -0.396 e. The van der Waals surface area contributed by atoms with Gasteiger partial charge >= 0.3 is 0 Å². The summed E-state index contributed by atoms with van der Waals surface area (Å²) in [6, 6.07) is 1.75. The number of ketones is 1. The molecule has 1 aliphatic rings. The molecule has 0 spiro atoms. The smallest absolute Gasteiger partial charge is 0.169 e. The van der Waals surface area contributed by atoms with Crippen molar-refractivity contribution in [3.8, 4) is 0 Å². The number of anilines is 1. The van der Waals surface area contributed by atoms with Crippen LogP contribution in [0.3, 0.4) is 0 Å². The van der Waals surface area contributed by atoms with Crippen LogP contribution < -0.4 is 5.32 Å². The van der Waals surface area contributed by atoms with Gasteiger partial charge in [0.2, 0.25) is 0 Å². The van der Waals surface area contributed by atoms with Crippen molar-refractivity contribution in [2.75, 3.05) is 11.9 Å². The van der Waals surface area contributed by atoms with Crippen LogP contribution in [0.5, 0.6) is 0 Å². The average molecular weight is 269 g/mol. The number of Topliss-reactive ketones (excluding diaryl/α,β-unsaturated/α-hetero) is 1. The van der Waals surface area contributed by atoms with Gasteiger partial charge in [0.1, 0.15) is 5.15 Å². The van der Waals surface area contributed by atoms with E-state index in [1.165, 1.54) is 6.20 Å². The van der Waals surface area contributed by atoms with Crippen LogP contribution in [-0.2, 0) is 0 Å². The summed E-state index contributed by atoms with van der Waals surface area (Å²) in [5.41, 5.74) is 1.32. The summed E-state index contributed by atoms with van der Waals surface area (Å²) >= 11 is 5.87. The lowest BCUT2D eigenvalue weighted by Gasteiger charge is -2.16. The monoisotopic (exact) mass is 268 g/mol. The Morgan fingerprint density at radius 2 is 2.39 bits per heavy atom. The highest BCUT2D eigenvalue weighted by atomic mass is 35.5. The predicted octanol–water partition coefficient (Wildman–Crippen LogP) is 2.51. The van der Waals surface area contributed by atoms with Gasteiger partial charge in [0.05, 0.1) is 5.56 Å². The number of nitrogens with one attached hydrogen (secondary N) is 1. The average Bonchev–Trinajstić information content (AvgIpc) is 3.12. The highest BCUT2D eigenvalue weighted by molar-refractivity contribution is 6.29. The van der Waals surface area contributed by atoms with Gasteiger partial charge < -0.3 is 10.4 Å². The zero-order valence-corrected chi connectivity index (χ0v) is 11.1. The lowest BCUT2D eigenvalue weighted by Crippen LogP contribution is -2.19. The van der Waals surface area contributed by atoms with Gasteiger partial charge in [0.25, 0.3) is 0 Å². The number of nitrogens with zero attached hydrogens (tertiary/aromatic N) is 1. The van der Waals surface area contributed by atoms with E-state index in [2.05, 4.69) is 10.3 Å². The number of hydrogen-bond donors (Lipinski definition) is 2. The van der Waals surface area contributed by atoms with Crippen molar-refractivity contribution in [3.63, 3.8) is 0 Å². The van der Waals surface area contributed by atoms with Gasteiger partial charge in [-0.2, -0.15) is 0 Å². The summed E-state index contributed by atoms with van der Waals surface area (Å²) in [6.45, 7) is 2.06. The third-order valence-corrected chi connectivity index (χ3v) is 3.25. The van der Waals surface area contributed by atoms with Gasteiger partial charge in [0, 0.05) is 30.5 Å². The molecular formula is C13H17ClN2O2. The van der Waals surface area contributed by atoms with Gasteiger partial charge in [-0.1, -0.05) is 11.6 Å². The van der Waals surface area contributed by atoms with Crippen LogP contribution in [0.15, 0.2) is 12.3 Å². The van der Waals surface area contributed by atoms with Crippen molar-refractivity contribution in [2.24, 2.45) is 5.92 Å². The number of carbonyl (C=O) groups excluding carboxylic acids is 1. The SMILES string of the molecule is C[C@@H](CCO)Nc1cc(Cl)ncc1C(=O)C1CC1. The molecule has 0 aromatic carbocycles. The molecule has 1 aromatic rings. The maximum absolute atomic E-state index is 12.1. The number of halogens is 1. The van der Waals surface area contributed by atoms with E-state index < -0.39 is 0 Å². The van der Waals surface area contributed by atoms with Crippen LogP contribution >= 0.6 is 11.6 Å². The second-order valence-corrected chi connectivity index (χ2v) is 5.14. The zero-order valence-electron chi connectivity index (χ0n) is 10.3. The molecule has 5 heteroatoms. The second-order valence-electron chi connectivity index (χ2n) is 4.75. The maximum atomic E-state index is 12.1. The van der Waals surface area contributed by atoms with Gasteiger partial charge in [-0.25, -0.2) is 4.98 Å². The van der Waals surface area contributed by atoms with E-state index in [9.17, 15) is 4.79 Å². The molecule has 0 bridgehead atoms. The second kappa shape index (κ2) is 5.67. The molecule has 1 aliphatic carbocycles. The third-order valence-electron chi connectivity index (χ3n) is 3.05. The van der Waals surface area contributed by atoms with E-state index in [-0.39, 0.29) is 24.3 Å². The molecule has 1 atom stereocenters. The molecule has 1 fully saturated rings. The van der Waals surface area contributed by atoms with Crippen molar-refractivity contribution in [3.05, 3.63) is 23.0 Å². The molecule has 0 unspecified atom stereocenters. The first kappa shape index (κ1) is 13.3. The molecule has 1 heterocycles. The molecular weight excluding hydrogens is 252 g/mol. The summed E-state index contributed by atoms with van der Waals surface area (Å²) in [6.07, 6.45) is 4.09. The van der Waals surface area contributed by atoms with Gasteiger partial charge in [-0.05, 0) is 32.3 Å². The van der Waals surface area contributed by atoms with Crippen molar-refractivity contribution in [2.45, 2.75) is 32.2 Å². The lowest BCUT2D eigenvalue weighted by molar-refractivity contribution is 0.0968. The van der Waals surface area contributed by atoms with Crippen LogP contribution in [0.4, 0.5) is 5.69 Å². The highest BCUT2D eigenvalue weighted by Crippen LogP contribution is 2.35. The first-order valence-electron chi connectivity index (χ1n) is 6.19. The number of rotatable bonds is 6. The topological polar surface area (TPSA) is 62.2 Å². The van der Waals surface area contributed by atoms with Crippen LogP contribution in [0.2, 0.25) is 5.15 Å². The van der Waals surface area contributed by atoms with E-state index in [4.69, 9.17) is 16.7 Å². The number of hydrogen-bond acceptors (Lipinski definition) is 4. The Kier molecular flexibility index (Phi) is 4.19. The number of aromatic nitrogens is 1. The van der Waals surface area contributed by atoms with Gasteiger partial charge in [-0.3, -0.25) is 4.79 Å². The number of carbonyl (C=O) groups is 1. The quantitative estimate of drug-likeness (QED) is 0.615. The Morgan fingerprint density at radius 3 is 3.00 bits per heavy atom. The summed E-state index contributed by atoms with van der Waals surface area (Å²) in [5, 5.41) is 12.5. The summed E-state index contributed by atoms with van der Waals surface area (Å²) in [4.78, 5) is 16.1. The molecule has 18 heavy (non-hydrogen) atoms. The fourth-order valence-corrected chi connectivity index (χ4v) is 2.00. The van der Waals surface area contributed by atoms with Gasteiger partial charge in [0.15, 0.2) is 5.78 Å². The van der Waals surface area contributed by atoms with E-state index in [1.807, 2.05) is 6.92 Å². The molecule has 2 N–H and O–H groups in total. The van der Waals surface area contributed by atoms with Crippen LogP contribution in [0.1, 0.15) is 36.5 Å². The van der Waals surface area contributed by atoms with Crippen molar-refractivity contribution < 1.29 is 9.90 Å². The Hall–Kier alpha value is -1.13. The number of aliphatic hydroxyl groups is 1. The largest absolute Gasteiger partial charge is 0.396 e. The molecule has 0 amide bonds. The Labute approximate surface area is 111 Å². The van der Waals surface area contributed by atoms with E-state index in [0.29, 0.717) is 22.8 Å². The minimum absolute atomic E-state index is 0.0826. The zero-order chi connectivity index (χ0) is 13.1. The number of pyridine rings is 1. The van der Waals surface area contributed by atoms with E-state index in [1.54, 1.807) is 6.07 Å².